The van der Waals surface area contributed by atoms with Crippen LogP contribution in [-0.2, 0) is 9.53 Å². The maximum atomic E-state index is 11.5. The lowest BCUT2D eigenvalue weighted by atomic mass is 10.2. The minimum atomic E-state index is -0.513. The molecule has 16 heavy (non-hydrogen) atoms. The molecule has 0 spiro atoms. The average molecular weight is 218 g/mol. The highest BCUT2D eigenvalue weighted by atomic mass is 16.5. The van der Waals surface area contributed by atoms with Gasteiger partial charge in [0.25, 0.3) is 0 Å². The Morgan fingerprint density at radius 1 is 1.44 bits per heavy atom. The van der Waals surface area contributed by atoms with Crippen molar-refractivity contribution < 1.29 is 14.3 Å². The molecule has 1 aromatic heterocycles. The second kappa shape index (κ2) is 4.06. The number of anilines is 1. The zero-order valence-corrected chi connectivity index (χ0v) is 8.61. The van der Waals surface area contributed by atoms with E-state index < -0.39 is 5.97 Å². The van der Waals surface area contributed by atoms with Gasteiger partial charge in [0.1, 0.15) is 5.69 Å². The molecule has 5 nitrogen and oxygen atoms in total. The van der Waals surface area contributed by atoms with E-state index >= 15 is 0 Å². The highest BCUT2D eigenvalue weighted by Gasteiger charge is 2.17. The van der Waals surface area contributed by atoms with Crippen LogP contribution in [-0.4, -0.2) is 24.5 Å². The van der Waals surface area contributed by atoms with Crippen molar-refractivity contribution >= 4 is 29.0 Å². The zero-order chi connectivity index (χ0) is 11.5. The number of fused-ring (bicyclic) bond motifs is 1. The lowest BCUT2D eigenvalue weighted by Gasteiger charge is -2.00. The Kier molecular flexibility index (Phi) is 2.59. The molecule has 5 heteroatoms. The van der Waals surface area contributed by atoms with Crippen molar-refractivity contribution in [2.75, 3.05) is 12.4 Å². The fourth-order valence-corrected chi connectivity index (χ4v) is 1.61. The zero-order valence-electron chi connectivity index (χ0n) is 8.61. The molecule has 1 amide bonds. The van der Waals surface area contributed by atoms with Crippen molar-refractivity contribution in [1.29, 1.82) is 0 Å². The third-order valence-electron chi connectivity index (χ3n) is 2.30. The van der Waals surface area contributed by atoms with E-state index in [9.17, 15) is 9.59 Å². The first-order valence-electron chi connectivity index (χ1n) is 4.67. The van der Waals surface area contributed by atoms with Crippen LogP contribution in [0.15, 0.2) is 24.3 Å². The molecule has 2 rings (SSSR count). The molecule has 0 atom stereocenters. The first-order valence-corrected chi connectivity index (χ1v) is 4.67. The number of nitrogens with one attached hydrogen (secondary N) is 2. The summed E-state index contributed by atoms with van der Waals surface area (Å²) in [5.74, 6) is -0.513. The van der Waals surface area contributed by atoms with Crippen LogP contribution in [0.4, 0.5) is 5.69 Å². The SMILES string of the molecule is COC(=O)c1[nH]c2ccccc2c1NC=O. The number of aromatic amines is 1. The molecular weight excluding hydrogens is 208 g/mol. The van der Waals surface area contributed by atoms with Gasteiger partial charge in [0, 0.05) is 10.9 Å². The van der Waals surface area contributed by atoms with E-state index in [1.165, 1.54) is 7.11 Å². The average Bonchev–Trinajstić information content (AvgIpc) is 2.68. The highest BCUT2D eigenvalue weighted by Crippen LogP contribution is 2.27. The van der Waals surface area contributed by atoms with E-state index in [1.54, 1.807) is 0 Å². The molecule has 0 aliphatic heterocycles. The fraction of sp³-hybridized carbons (Fsp3) is 0.0909. The molecular formula is C11H10N2O3. The number of amides is 1. The lowest BCUT2D eigenvalue weighted by molar-refractivity contribution is -0.105. The number of hydrogen-bond donors (Lipinski definition) is 2. The van der Waals surface area contributed by atoms with Gasteiger partial charge >= 0.3 is 5.97 Å². The van der Waals surface area contributed by atoms with Gasteiger partial charge in [0.15, 0.2) is 0 Å². The first kappa shape index (κ1) is 10.2. The molecule has 0 aliphatic rings. The van der Waals surface area contributed by atoms with E-state index in [0.717, 1.165) is 10.9 Å². The number of esters is 1. The van der Waals surface area contributed by atoms with E-state index in [2.05, 4.69) is 15.0 Å². The predicted molar refractivity (Wildman–Crippen MR) is 59.3 cm³/mol. The largest absolute Gasteiger partial charge is 0.464 e. The number of para-hydroxylation sites is 1. The molecule has 82 valence electrons. The van der Waals surface area contributed by atoms with Gasteiger partial charge in [-0.15, -0.1) is 0 Å². The topological polar surface area (TPSA) is 71.2 Å². The number of rotatable bonds is 3. The van der Waals surface area contributed by atoms with Crippen LogP contribution in [0.25, 0.3) is 10.9 Å². The van der Waals surface area contributed by atoms with Gasteiger partial charge in [0.2, 0.25) is 6.41 Å². The minimum Gasteiger partial charge on any atom is -0.464 e. The van der Waals surface area contributed by atoms with E-state index in [-0.39, 0.29) is 5.69 Å². The second-order valence-electron chi connectivity index (χ2n) is 3.17. The molecule has 2 aromatic rings. The quantitative estimate of drug-likeness (QED) is 0.606. The Bertz CT molecular complexity index is 545. The lowest BCUT2D eigenvalue weighted by Crippen LogP contribution is -2.06. The molecule has 0 unspecified atom stereocenters. The molecule has 1 heterocycles. The van der Waals surface area contributed by atoms with Crippen LogP contribution in [0.3, 0.4) is 0 Å². The molecule has 0 fully saturated rings. The summed E-state index contributed by atoms with van der Waals surface area (Å²) in [5.41, 5.74) is 1.46. The highest BCUT2D eigenvalue weighted by molar-refractivity contribution is 6.08. The summed E-state index contributed by atoms with van der Waals surface area (Å²) in [7, 11) is 1.29. The smallest absolute Gasteiger partial charge is 0.356 e. The van der Waals surface area contributed by atoms with Gasteiger partial charge in [-0.25, -0.2) is 4.79 Å². The number of carbonyl (C=O) groups is 2. The van der Waals surface area contributed by atoms with Gasteiger partial charge in [-0.2, -0.15) is 0 Å². The Morgan fingerprint density at radius 2 is 2.19 bits per heavy atom. The molecule has 0 radical (unpaired) electrons. The van der Waals surface area contributed by atoms with Crippen LogP contribution >= 0.6 is 0 Å². The third kappa shape index (κ3) is 1.52. The summed E-state index contributed by atoms with van der Waals surface area (Å²) in [5, 5.41) is 3.27. The van der Waals surface area contributed by atoms with Crippen molar-refractivity contribution in [2.45, 2.75) is 0 Å². The van der Waals surface area contributed by atoms with Crippen molar-refractivity contribution in [2.24, 2.45) is 0 Å². The van der Waals surface area contributed by atoms with Gasteiger partial charge < -0.3 is 15.0 Å². The maximum absolute atomic E-state index is 11.5. The fourth-order valence-electron chi connectivity index (χ4n) is 1.61. The van der Waals surface area contributed by atoms with E-state index in [1.807, 2.05) is 24.3 Å². The maximum Gasteiger partial charge on any atom is 0.356 e. The van der Waals surface area contributed by atoms with Gasteiger partial charge in [-0.05, 0) is 6.07 Å². The Morgan fingerprint density at radius 3 is 2.88 bits per heavy atom. The molecule has 2 N–H and O–H groups in total. The van der Waals surface area contributed by atoms with Crippen molar-refractivity contribution in [3.63, 3.8) is 0 Å². The van der Waals surface area contributed by atoms with Crippen molar-refractivity contribution in [3.8, 4) is 0 Å². The Balaban J connectivity index is 2.67. The van der Waals surface area contributed by atoms with Crippen molar-refractivity contribution in [3.05, 3.63) is 30.0 Å². The number of H-pyrrole nitrogens is 1. The number of aromatic nitrogens is 1. The molecule has 0 bridgehead atoms. The predicted octanol–water partition coefficient (Wildman–Crippen LogP) is 1.52. The number of ether oxygens (including phenoxy) is 1. The first-order chi connectivity index (χ1) is 7.77. The summed E-state index contributed by atoms with van der Waals surface area (Å²) in [6.45, 7) is 0. The molecule has 0 aliphatic carbocycles. The monoisotopic (exact) mass is 218 g/mol. The summed E-state index contributed by atoms with van der Waals surface area (Å²) >= 11 is 0. The number of carbonyl (C=O) groups excluding carboxylic acids is 2. The molecule has 0 saturated heterocycles. The van der Waals surface area contributed by atoms with Gasteiger partial charge in [-0.3, -0.25) is 4.79 Å². The standard InChI is InChI=1S/C11H10N2O3/c1-16-11(15)10-9(12-6-14)7-4-2-3-5-8(7)13-10/h2-6,13H,1H3,(H,12,14). The Hall–Kier alpha value is -2.30. The van der Waals surface area contributed by atoms with E-state index in [4.69, 9.17) is 0 Å². The minimum absolute atomic E-state index is 0.246. The van der Waals surface area contributed by atoms with Gasteiger partial charge in [0.05, 0.1) is 12.8 Å². The van der Waals surface area contributed by atoms with E-state index in [0.29, 0.717) is 12.1 Å². The summed E-state index contributed by atoms with van der Waals surface area (Å²) in [6, 6.07) is 7.29. The second-order valence-corrected chi connectivity index (χ2v) is 3.17. The molecule has 0 saturated carbocycles. The number of methoxy groups -OCH3 is 1. The number of benzene rings is 1. The summed E-state index contributed by atoms with van der Waals surface area (Å²) < 4.78 is 4.63. The normalized spacial score (nSPS) is 10.1. The Labute approximate surface area is 91.4 Å². The third-order valence-corrected chi connectivity index (χ3v) is 2.30. The van der Waals surface area contributed by atoms with Crippen LogP contribution in [0.1, 0.15) is 10.5 Å². The van der Waals surface area contributed by atoms with Gasteiger partial charge in [-0.1, -0.05) is 18.2 Å². The van der Waals surface area contributed by atoms with Crippen molar-refractivity contribution in [1.82, 2.24) is 4.98 Å². The molecule has 1 aromatic carbocycles. The van der Waals surface area contributed by atoms with Crippen LogP contribution < -0.4 is 5.32 Å². The van der Waals surface area contributed by atoms with Crippen LogP contribution in [0, 0.1) is 0 Å². The summed E-state index contributed by atoms with van der Waals surface area (Å²) in [4.78, 5) is 24.9. The van der Waals surface area contributed by atoms with Crippen LogP contribution in [0.5, 0.6) is 0 Å². The number of hydrogen-bond acceptors (Lipinski definition) is 3. The summed E-state index contributed by atoms with van der Waals surface area (Å²) in [6.07, 6.45) is 0.530. The van der Waals surface area contributed by atoms with Crippen LogP contribution in [0.2, 0.25) is 0 Å².